The van der Waals surface area contributed by atoms with Crippen LogP contribution in [0.4, 0.5) is 0 Å². The van der Waals surface area contributed by atoms with Crippen molar-refractivity contribution in [1.82, 2.24) is 19.9 Å². The van der Waals surface area contributed by atoms with Crippen molar-refractivity contribution in [3.05, 3.63) is 37.1 Å². The number of pyridine rings is 1. The predicted octanol–water partition coefficient (Wildman–Crippen LogP) is 2.09. The highest BCUT2D eigenvalue weighted by Gasteiger charge is 2.19. The van der Waals surface area contributed by atoms with Crippen molar-refractivity contribution in [3.8, 4) is 11.3 Å². The molecule has 1 aliphatic rings. The molecule has 1 aliphatic carbocycles. The summed E-state index contributed by atoms with van der Waals surface area (Å²) in [5.41, 5.74) is 2.28. The highest BCUT2D eigenvalue weighted by Crippen LogP contribution is 2.19. The van der Waals surface area contributed by atoms with E-state index in [1.165, 1.54) is 12.8 Å². The molecule has 0 aliphatic heterocycles. The van der Waals surface area contributed by atoms with Crippen molar-refractivity contribution >= 4 is 0 Å². The lowest BCUT2D eigenvalue weighted by Gasteiger charge is -2.08. The second-order valence-electron chi connectivity index (χ2n) is 4.80. The fraction of sp³-hybridized carbons (Fsp3) is 0.429. The Kier molecular flexibility index (Phi) is 3.37. The third kappa shape index (κ3) is 2.76. The van der Waals surface area contributed by atoms with Crippen LogP contribution in [0.2, 0.25) is 0 Å². The molecule has 4 heteroatoms. The largest absolute Gasteiger partial charge is 0.331 e. The molecule has 1 N–H and O–H groups in total. The average molecular weight is 242 g/mol. The first-order chi connectivity index (χ1) is 8.93. The molecule has 1 fully saturated rings. The molecular formula is C14H18N4. The summed E-state index contributed by atoms with van der Waals surface area (Å²) < 4.78 is 2.20. The summed E-state index contributed by atoms with van der Waals surface area (Å²) in [4.78, 5) is 8.40. The topological polar surface area (TPSA) is 42.7 Å². The molecule has 0 spiro atoms. The Labute approximate surface area is 107 Å². The number of aryl methyl sites for hydroxylation is 1. The van der Waals surface area contributed by atoms with Crippen molar-refractivity contribution in [1.29, 1.82) is 0 Å². The molecule has 3 rings (SSSR count). The van der Waals surface area contributed by atoms with E-state index in [2.05, 4.69) is 25.9 Å². The Balaban J connectivity index is 1.60. The molecule has 0 amide bonds. The molecule has 18 heavy (non-hydrogen) atoms. The van der Waals surface area contributed by atoms with Gasteiger partial charge in [0.25, 0.3) is 0 Å². The van der Waals surface area contributed by atoms with Crippen LogP contribution in [0.25, 0.3) is 11.3 Å². The second-order valence-corrected chi connectivity index (χ2v) is 4.80. The standard InChI is InChI=1S/C14H18N4/c1-3-12(9-15-6-1)14-10-16-11-18(14)8-2-7-17-13-4-5-13/h1,3,6,9-11,13,17H,2,4-5,7-8H2. The van der Waals surface area contributed by atoms with E-state index in [1.54, 1.807) is 6.20 Å². The number of hydrogen-bond acceptors (Lipinski definition) is 3. The van der Waals surface area contributed by atoms with E-state index < -0.39 is 0 Å². The van der Waals surface area contributed by atoms with Crippen LogP contribution in [0, 0.1) is 0 Å². The predicted molar refractivity (Wildman–Crippen MR) is 71.1 cm³/mol. The second kappa shape index (κ2) is 5.31. The van der Waals surface area contributed by atoms with Crippen LogP contribution in [-0.2, 0) is 6.54 Å². The van der Waals surface area contributed by atoms with E-state index in [0.717, 1.165) is 36.8 Å². The van der Waals surface area contributed by atoms with Gasteiger partial charge in [0, 0.05) is 30.5 Å². The molecule has 0 atom stereocenters. The molecular weight excluding hydrogens is 224 g/mol. The van der Waals surface area contributed by atoms with Crippen LogP contribution in [0.3, 0.4) is 0 Å². The minimum absolute atomic E-state index is 0.797. The van der Waals surface area contributed by atoms with E-state index in [4.69, 9.17) is 0 Å². The Morgan fingerprint density at radius 3 is 3.00 bits per heavy atom. The lowest BCUT2D eigenvalue weighted by Crippen LogP contribution is -2.18. The van der Waals surface area contributed by atoms with Gasteiger partial charge in [0.1, 0.15) is 0 Å². The van der Waals surface area contributed by atoms with Gasteiger partial charge in [-0.25, -0.2) is 4.98 Å². The number of imidazole rings is 1. The molecule has 0 saturated heterocycles. The van der Waals surface area contributed by atoms with E-state index in [-0.39, 0.29) is 0 Å². The zero-order chi connectivity index (χ0) is 12.2. The average Bonchev–Trinajstić information content (AvgIpc) is 3.12. The van der Waals surface area contributed by atoms with E-state index in [9.17, 15) is 0 Å². The van der Waals surface area contributed by atoms with Gasteiger partial charge in [0.2, 0.25) is 0 Å². The lowest BCUT2D eigenvalue weighted by molar-refractivity contribution is 0.581. The van der Waals surface area contributed by atoms with Gasteiger partial charge in [-0.05, 0) is 37.9 Å². The fourth-order valence-corrected chi connectivity index (χ4v) is 2.10. The summed E-state index contributed by atoms with van der Waals surface area (Å²) >= 11 is 0. The molecule has 0 radical (unpaired) electrons. The minimum Gasteiger partial charge on any atom is -0.331 e. The van der Waals surface area contributed by atoms with E-state index >= 15 is 0 Å². The zero-order valence-corrected chi connectivity index (χ0v) is 10.4. The lowest BCUT2D eigenvalue weighted by atomic mass is 10.2. The van der Waals surface area contributed by atoms with Gasteiger partial charge in [-0.15, -0.1) is 0 Å². The van der Waals surface area contributed by atoms with Crippen LogP contribution in [-0.4, -0.2) is 27.1 Å². The summed E-state index contributed by atoms with van der Waals surface area (Å²) in [7, 11) is 0. The Hall–Kier alpha value is -1.68. The first kappa shape index (κ1) is 11.4. The van der Waals surface area contributed by atoms with Gasteiger partial charge in [-0.3, -0.25) is 4.98 Å². The maximum Gasteiger partial charge on any atom is 0.0950 e. The summed E-state index contributed by atoms with van der Waals surface area (Å²) in [6, 6.07) is 4.83. The Bertz CT molecular complexity index is 488. The molecule has 2 aromatic rings. The first-order valence-electron chi connectivity index (χ1n) is 6.57. The maximum atomic E-state index is 4.24. The van der Waals surface area contributed by atoms with Crippen LogP contribution in [0.1, 0.15) is 19.3 Å². The molecule has 0 unspecified atom stereocenters. The number of nitrogens with one attached hydrogen (secondary N) is 1. The SMILES string of the molecule is c1cncc(-c2cncn2CCCNC2CC2)c1. The highest BCUT2D eigenvalue weighted by atomic mass is 15.0. The smallest absolute Gasteiger partial charge is 0.0950 e. The molecule has 2 heterocycles. The van der Waals surface area contributed by atoms with Crippen LogP contribution >= 0.6 is 0 Å². The summed E-state index contributed by atoms with van der Waals surface area (Å²) in [5.74, 6) is 0. The summed E-state index contributed by atoms with van der Waals surface area (Å²) in [6.45, 7) is 2.10. The number of rotatable bonds is 6. The summed E-state index contributed by atoms with van der Waals surface area (Å²) in [5, 5.41) is 3.53. The van der Waals surface area contributed by atoms with Crippen molar-refractivity contribution in [2.75, 3.05) is 6.54 Å². The third-order valence-corrected chi connectivity index (χ3v) is 3.26. The quantitative estimate of drug-likeness (QED) is 0.789. The number of nitrogens with zero attached hydrogens (tertiary/aromatic N) is 3. The van der Waals surface area contributed by atoms with Crippen molar-refractivity contribution in [2.45, 2.75) is 31.8 Å². The highest BCUT2D eigenvalue weighted by molar-refractivity contribution is 5.57. The number of hydrogen-bond donors (Lipinski definition) is 1. The van der Waals surface area contributed by atoms with Crippen molar-refractivity contribution < 1.29 is 0 Å². The van der Waals surface area contributed by atoms with Gasteiger partial charge < -0.3 is 9.88 Å². The first-order valence-corrected chi connectivity index (χ1v) is 6.57. The van der Waals surface area contributed by atoms with Gasteiger partial charge in [-0.2, -0.15) is 0 Å². The molecule has 1 saturated carbocycles. The summed E-state index contributed by atoms with van der Waals surface area (Å²) in [6.07, 6.45) is 11.3. The third-order valence-electron chi connectivity index (χ3n) is 3.26. The van der Waals surface area contributed by atoms with Gasteiger partial charge >= 0.3 is 0 Å². The fourth-order valence-electron chi connectivity index (χ4n) is 2.10. The van der Waals surface area contributed by atoms with Crippen LogP contribution < -0.4 is 5.32 Å². The molecule has 94 valence electrons. The minimum atomic E-state index is 0.797. The maximum absolute atomic E-state index is 4.24. The molecule has 0 bridgehead atoms. The van der Waals surface area contributed by atoms with Gasteiger partial charge in [-0.1, -0.05) is 0 Å². The van der Waals surface area contributed by atoms with Crippen LogP contribution in [0.5, 0.6) is 0 Å². The van der Waals surface area contributed by atoms with Gasteiger partial charge in [0.15, 0.2) is 0 Å². The monoisotopic (exact) mass is 242 g/mol. The molecule has 0 aromatic carbocycles. The van der Waals surface area contributed by atoms with E-state index in [0.29, 0.717) is 0 Å². The normalized spacial score (nSPS) is 14.9. The Morgan fingerprint density at radius 1 is 1.28 bits per heavy atom. The van der Waals surface area contributed by atoms with Crippen LogP contribution in [0.15, 0.2) is 37.1 Å². The van der Waals surface area contributed by atoms with Crippen molar-refractivity contribution in [2.24, 2.45) is 0 Å². The molecule has 4 nitrogen and oxygen atoms in total. The Morgan fingerprint density at radius 2 is 2.22 bits per heavy atom. The molecule has 2 aromatic heterocycles. The van der Waals surface area contributed by atoms with Gasteiger partial charge in [0.05, 0.1) is 18.2 Å². The number of aromatic nitrogens is 3. The zero-order valence-electron chi connectivity index (χ0n) is 10.4. The van der Waals surface area contributed by atoms with Crippen molar-refractivity contribution in [3.63, 3.8) is 0 Å². The van der Waals surface area contributed by atoms with E-state index in [1.807, 2.05) is 24.8 Å².